The lowest BCUT2D eigenvalue weighted by atomic mass is 9.88. The number of hydrogen-bond acceptors (Lipinski definition) is 8. The van der Waals surface area contributed by atoms with Crippen molar-refractivity contribution in [2.75, 3.05) is 24.3 Å². The first-order chi connectivity index (χ1) is 18.9. The summed E-state index contributed by atoms with van der Waals surface area (Å²) in [6, 6.07) is 9.54. The summed E-state index contributed by atoms with van der Waals surface area (Å²) >= 11 is 3.65. The highest BCUT2D eigenvalue weighted by Crippen LogP contribution is 2.45. The van der Waals surface area contributed by atoms with Crippen LogP contribution in [0.4, 0.5) is 11.5 Å². The number of amides is 1. The van der Waals surface area contributed by atoms with Crippen molar-refractivity contribution in [3.05, 3.63) is 46.5 Å². The molecule has 2 aliphatic heterocycles. The maximum atomic E-state index is 13.2. The van der Waals surface area contributed by atoms with Gasteiger partial charge in [0, 0.05) is 61.6 Å². The highest BCUT2D eigenvalue weighted by molar-refractivity contribution is 9.10. The minimum atomic E-state index is 0.0665. The van der Waals surface area contributed by atoms with E-state index in [0.29, 0.717) is 36.3 Å². The van der Waals surface area contributed by atoms with Crippen LogP contribution in [0.2, 0.25) is 0 Å². The van der Waals surface area contributed by atoms with Crippen molar-refractivity contribution in [1.29, 1.82) is 5.26 Å². The van der Waals surface area contributed by atoms with Crippen LogP contribution in [0.25, 0.3) is 11.0 Å². The maximum absolute atomic E-state index is 13.2. The molecule has 0 spiro atoms. The van der Waals surface area contributed by atoms with Gasteiger partial charge < -0.3 is 20.0 Å². The Morgan fingerprint density at radius 3 is 2.74 bits per heavy atom. The van der Waals surface area contributed by atoms with Gasteiger partial charge in [-0.15, -0.1) is 0 Å². The average molecular weight is 593 g/mol. The highest BCUT2D eigenvalue weighted by Gasteiger charge is 2.51. The third-order valence-corrected chi connectivity index (χ3v) is 9.58. The van der Waals surface area contributed by atoms with Crippen LogP contribution in [0.3, 0.4) is 0 Å². The zero-order valence-electron chi connectivity index (χ0n) is 22.4. The highest BCUT2D eigenvalue weighted by atomic mass is 79.9. The molecule has 1 saturated carbocycles. The number of anilines is 2. The molecule has 3 aromatic rings. The Morgan fingerprint density at radius 2 is 1.97 bits per heavy atom. The number of carbonyl (C=O) groups is 1. The fraction of sp³-hybridized carbons (Fsp3) is 0.517. The van der Waals surface area contributed by atoms with Gasteiger partial charge >= 0.3 is 0 Å². The normalized spacial score (nSPS) is 26.5. The molecule has 2 saturated heterocycles. The molecule has 39 heavy (non-hydrogen) atoms. The summed E-state index contributed by atoms with van der Waals surface area (Å²) in [4.78, 5) is 26.9. The molecule has 0 radical (unpaired) electrons. The lowest BCUT2D eigenvalue weighted by Crippen LogP contribution is -2.45. The van der Waals surface area contributed by atoms with Gasteiger partial charge in [0.05, 0.1) is 28.8 Å². The van der Waals surface area contributed by atoms with Gasteiger partial charge in [0.1, 0.15) is 11.9 Å². The van der Waals surface area contributed by atoms with Gasteiger partial charge in [-0.2, -0.15) is 5.26 Å². The molecule has 0 aromatic carbocycles. The molecule has 5 heterocycles. The van der Waals surface area contributed by atoms with E-state index in [-0.39, 0.29) is 17.6 Å². The van der Waals surface area contributed by atoms with E-state index in [4.69, 9.17) is 9.68 Å². The van der Waals surface area contributed by atoms with Crippen LogP contribution in [0.15, 0.2) is 39.5 Å². The fourth-order valence-electron chi connectivity index (χ4n) is 6.88. The molecule has 3 atom stereocenters. The second-order valence-corrected chi connectivity index (χ2v) is 12.1. The van der Waals surface area contributed by atoms with E-state index in [1.165, 1.54) is 6.42 Å². The van der Waals surface area contributed by atoms with Crippen molar-refractivity contribution >= 4 is 44.3 Å². The second-order valence-electron chi connectivity index (χ2n) is 11.3. The molecule has 9 nitrogen and oxygen atoms in total. The number of nitrogens with zero attached hydrogens (tertiary/aromatic N) is 5. The van der Waals surface area contributed by atoms with Gasteiger partial charge in [-0.1, -0.05) is 0 Å². The summed E-state index contributed by atoms with van der Waals surface area (Å²) in [7, 11) is 4.01. The fourth-order valence-corrected chi connectivity index (χ4v) is 7.40. The number of pyridine rings is 2. The maximum Gasteiger partial charge on any atom is 0.225 e. The van der Waals surface area contributed by atoms with Crippen LogP contribution in [-0.2, 0) is 11.3 Å². The summed E-state index contributed by atoms with van der Waals surface area (Å²) in [5.74, 6) is 1.31. The number of rotatable bonds is 7. The van der Waals surface area contributed by atoms with Crippen LogP contribution < -0.4 is 15.5 Å². The summed E-state index contributed by atoms with van der Waals surface area (Å²) in [6.07, 6.45) is 11.1. The molecular weight excluding hydrogens is 558 g/mol. The zero-order chi connectivity index (χ0) is 27.1. The van der Waals surface area contributed by atoms with Crippen LogP contribution in [0.5, 0.6) is 0 Å². The third-order valence-electron chi connectivity index (χ3n) is 8.77. The molecule has 204 valence electrons. The van der Waals surface area contributed by atoms with E-state index in [1.807, 2.05) is 37.2 Å². The first-order valence-corrected chi connectivity index (χ1v) is 14.6. The Hall–Kier alpha value is -3.16. The van der Waals surface area contributed by atoms with E-state index in [2.05, 4.69) is 41.4 Å². The molecule has 3 fully saturated rings. The van der Waals surface area contributed by atoms with Gasteiger partial charge in [-0.25, -0.2) is 4.98 Å². The van der Waals surface area contributed by atoms with Gasteiger partial charge in [-0.3, -0.25) is 14.7 Å². The first-order valence-electron chi connectivity index (χ1n) is 13.8. The minimum Gasteiger partial charge on any atom is -0.444 e. The molecule has 3 aromatic heterocycles. The van der Waals surface area contributed by atoms with Crippen molar-refractivity contribution in [3.63, 3.8) is 0 Å². The Morgan fingerprint density at radius 1 is 1.18 bits per heavy atom. The second kappa shape index (κ2) is 10.8. The molecule has 6 rings (SSSR count). The smallest absolute Gasteiger partial charge is 0.225 e. The topological polar surface area (TPSA) is 110 Å². The Kier molecular flexibility index (Phi) is 7.21. The molecule has 2 bridgehead atoms. The number of carbonyl (C=O) groups excluding carboxylic acids is 1. The molecular formula is C29H34BrN7O2. The first kappa shape index (κ1) is 26.1. The lowest BCUT2D eigenvalue weighted by Gasteiger charge is -2.38. The van der Waals surface area contributed by atoms with Crippen LogP contribution in [0, 0.1) is 17.2 Å². The predicted molar refractivity (Wildman–Crippen MR) is 153 cm³/mol. The SMILES string of the molecule is CN(C)c1ccnc(CNC(=O)C2CC3CCC2N3C2CCC(Nc3ncc4oc(C#N)cc4c3Br)CC2)c1. The van der Waals surface area contributed by atoms with Gasteiger partial charge in [0.15, 0.2) is 5.58 Å². The van der Waals surface area contributed by atoms with Crippen molar-refractivity contribution in [3.8, 4) is 6.07 Å². The number of fused-ring (bicyclic) bond motifs is 3. The number of furan rings is 1. The third kappa shape index (κ3) is 5.10. The monoisotopic (exact) mass is 591 g/mol. The number of hydrogen-bond donors (Lipinski definition) is 2. The lowest BCUT2D eigenvalue weighted by molar-refractivity contribution is -0.126. The minimum absolute atomic E-state index is 0.0665. The summed E-state index contributed by atoms with van der Waals surface area (Å²) in [5.41, 5.74) is 2.58. The Labute approximate surface area is 237 Å². The number of aromatic nitrogens is 2. The van der Waals surface area contributed by atoms with E-state index in [0.717, 1.165) is 65.6 Å². The van der Waals surface area contributed by atoms with Gasteiger partial charge in [0.2, 0.25) is 11.7 Å². The van der Waals surface area contributed by atoms with E-state index in [9.17, 15) is 4.79 Å². The zero-order valence-corrected chi connectivity index (χ0v) is 23.9. The van der Waals surface area contributed by atoms with Crippen LogP contribution in [0.1, 0.15) is 56.4 Å². The van der Waals surface area contributed by atoms with Crippen molar-refractivity contribution < 1.29 is 9.21 Å². The predicted octanol–water partition coefficient (Wildman–Crippen LogP) is 4.82. The average Bonchev–Trinajstić information content (AvgIpc) is 3.67. The molecule has 2 N–H and O–H groups in total. The molecule has 1 amide bonds. The largest absolute Gasteiger partial charge is 0.444 e. The van der Waals surface area contributed by atoms with Crippen molar-refractivity contribution in [1.82, 2.24) is 20.2 Å². The molecule has 3 aliphatic rings. The Bertz CT molecular complexity index is 1410. The quantitative estimate of drug-likeness (QED) is 0.402. The summed E-state index contributed by atoms with van der Waals surface area (Å²) in [5, 5.41) is 16.8. The Balaban J connectivity index is 1.04. The molecule has 10 heteroatoms. The molecule has 1 aliphatic carbocycles. The molecule has 3 unspecified atom stereocenters. The van der Waals surface area contributed by atoms with E-state index >= 15 is 0 Å². The number of nitriles is 1. The number of nitrogens with one attached hydrogen (secondary N) is 2. The standard InChI is InChI=1S/C29H34BrN7O2/c1-36(2)20-9-10-32-18(11-20)15-34-29(38)23-12-21-7-8-25(23)37(21)19-5-3-17(4-6-19)35-28-27(30)24-13-22(14-31)39-26(24)16-33-28/h9-11,13,16-17,19,21,23,25H,3-8,12,15H2,1-2H3,(H,33,35)(H,34,38). The summed E-state index contributed by atoms with van der Waals surface area (Å²) < 4.78 is 6.33. The van der Waals surface area contributed by atoms with Crippen molar-refractivity contribution in [2.24, 2.45) is 5.92 Å². The van der Waals surface area contributed by atoms with Gasteiger partial charge in [-0.05, 0) is 73.0 Å². The summed E-state index contributed by atoms with van der Waals surface area (Å²) in [6.45, 7) is 0.469. The van der Waals surface area contributed by atoms with E-state index < -0.39 is 0 Å². The van der Waals surface area contributed by atoms with Crippen LogP contribution >= 0.6 is 15.9 Å². The van der Waals surface area contributed by atoms with Gasteiger partial charge in [0.25, 0.3) is 0 Å². The van der Waals surface area contributed by atoms with Crippen LogP contribution in [-0.4, -0.2) is 59.0 Å². The van der Waals surface area contributed by atoms with E-state index in [1.54, 1.807) is 18.5 Å². The number of halogens is 1. The van der Waals surface area contributed by atoms with Crippen molar-refractivity contribution in [2.45, 2.75) is 75.7 Å².